The van der Waals surface area contributed by atoms with Gasteiger partial charge < -0.3 is 15.9 Å². The fraction of sp³-hybridized carbons (Fsp3) is 0.273. The molecule has 1 aromatic carbocycles. The number of carboxylic acid groups (broad SMARTS) is 2. The van der Waals surface area contributed by atoms with E-state index in [2.05, 4.69) is 0 Å². The fourth-order valence-electron chi connectivity index (χ4n) is 1.52. The van der Waals surface area contributed by atoms with E-state index in [0.29, 0.717) is 10.6 Å². The van der Waals surface area contributed by atoms with Crippen LogP contribution in [0.4, 0.5) is 0 Å². The lowest BCUT2D eigenvalue weighted by atomic mass is 9.89. The van der Waals surface area contributed by atoms with Crippen molar-refractivity contribution < 1.29 is 19.8 Å². The molecule has 1 rings (SSSR count). The summed E-state index contributed by atoms with van der Waals surface area (Å²) < 4.78 is 0. The van der Waals surface area contributed by atoms with Gasteiger partial charge in [0.15, 0.2) is 0 Å². The molecule has 0 aliphatic carbocycles. The third-order valence-electron chi connectivity index (χ3n) is 2.41. The molecular weight excluding hydrogens is 246 g/mol. The molecular formula is C11H12ClNO4. The van der Waals surface area contributed by atoms with Crippen molar-refractivity contribution >= 4 is 23.5 Å². The molecule has 0 radical (unpaired) electrons. The SMILES string of the molecule is NC(C(=O)O)[C@@H](CC(=O)O)c1ccc(Cl)cc1. The number of rotatable bonds is 5. The van der Waals surface area contributed by atoms with Crippen molar-refractivity contribution in [3.05, 3.63) is 34.9 Å². The van der Waals surface area contributed by atoms with Gasteiger partial charge in [-0.3, -0.25) is 9.59 Å². The van der Waals surface area contributed by atoms with Crippen molar-refractivity contribution in [2.75, 3.05) is 0 Å². The molecule has 0 saturated carbocycles. The first kappa shape index (κ1) is 13.5. The molecule has 0 spiro atoms. The Bertz CT molecular complexity index is 418. The minimum atomic E-state index is -1.26. The molecule has 0 saturated heterocycles. The molecule has 0 amide bonds. The van der Waals surface area contributed by atoms with Crippen LogP contribution in [0.15, 0.2) is 24.3 Å². The molecule has 6 heteroatoms. The highest BCUT2D eigenvalue weighted by Crippen LogP contribution is 2.24. The zero-order chi connectivity index (χ0) is 13.0. The van der Waals surface area contributed by atoms with Crippen LogP contribution in [0.25, 0.3) is 0 Å². The summed E-state index contributed by atoms with van der Waals surface area (Å²) >= 11 is 5.70. The first-order valence-electron chi connectivity index (χ1n) is 4.87. The zero-order valence-electron chi connectivity index (χ0n) is 8.84. The Balaban J connectivity index is 3.01. The molecule has 1 unspecified atom stereocenters. The molecule has 0 bridgehead atoms. The second-order valence-corrected chi connectivity index (χ2v) is 4.06. The van der Waals surface area contributed by atoms with E-state index in [4.69, 9.17) is 27.5 Å². The van der Waals surface area contributed by atoms with E-state index in [-0.39, 0.29) is 6.42 Å². The Labute approximate surface area is 103 Å². The number of benzene rings is 1. The van der Waals surface area contributed by atoms with Crippen molar-refractivity contribution in [2.24, 2.45) is 5.73 Å². The number of aliphatic carboxylic acids is 2. The summed E-state index contributed by atoms with van der Waals surface area (Å²) in [7, 11) is 0. The van der Waals surface area contributed by atoms with Gasteiger partial charge in [-0.05, 0) is 17.7 Å². The minimum absolute atomic E-state index is 0.338. The normalized spacial score (nSPS) is 14.0. The third-order valence-corrected chi connectivity index (χ3v) is 2.66. The van der Waals surface area contributed by atoms with Crippen LogP contribution in [0.1, 0.15) is 17.9 Å². The van der Waals surface area contributed by atoms with Gasteiger partial charge in [0.05, 0.1) is 6.42 Å². The monoisotopic (exact) mass is 257 g/mol. The molecule has 0 aliphatic rings. The van der Waals surface area contributed by atoms with Crippen LogP contribution in [0, 0.1) is 0 Å². The van der Waals surface area contributed by atoms with E-state index in [1.54, 1.807) is 24.3 Å². The van der Waals surface area contributed by atoms with Gasteiger partial charge in [-0.1, -0.05) is 23.7 Å². The van der Waals surface area contributed by atoms with Crippen LogP contribution in [0.3, 0.4) is 0 Å². The van der Waals surface area contributed by atoms with Crippen LogP contribution >= 0.6 is 11.6 Å². The second kappa shape index (κ2) is 5.65. The Morgan fingerprint density at radius 2 is 1.76 bits per heavy atom. The highest BCUT2D eigenvalue weighted by Gasteiger charge is 2.27. The van der Waals surface area contributed by atoms with Gasteiger partial charge in [0.25, 0.3) is 0 Å². The Morgan fingerprint density at radius 3 is 2.18 bits per heavy atom. The Kier molecular flexibility index (Phi) is 4.48. The highest BCUT2D eigenvalue weighted by atomic mass is 35.5. The fourth-order valence-corrected chi connectivity index (χ4v) is 1.65. The molecule has 0 aromatic heterocycles. The topological polar surface area (TPSA) is 101 Å². The zero-order valence-corrected chi connectivity index (χ0v) is 9.59. The summed E-state index contributed by atoms with van der Waals surface area (Å²) in [6.07, 6.45) is -0.338. The van der Waals surface area contributed by atoms with Crippen LogP contribution in [0.5, 0.6) is 0 Å². The highest BCUT2D eigenvalue weighted by molar-refractivity contribution is 6.30. The smallest absolute Gasteiger partial charge is 0.321 e. The maximum Gasteiger partial charge on any atom is 0.321 e. The van der Waals surface area contributed by atoms with E-state index in [1.165, 1.54) is 0 Å². The predicted molar refractivity (Wildman–Crippen MR) is 62.1 cm³/mol. The van der Waals surface area contributed by atoms with E-state index in [0.717, 1.165) is 0 Å². The van der Waals surface area contributed by atoms with Gasteiger partial charge in [0, 0.05) is 10.9 Å². The van der Waals surface area contributed by atoms with Crippen molar-refractivity contribution in [3.8, 4) is 0 Å². The van der Waals surface area contributed by atoms with Crippen molar-refractivity contribution in [1.29, 1.82) is 0 Å². The Morgan fingerprint density at radius 1 is 1.24 bits per heavy atom. The number of carbonyl (C=O) groups is 2. The number of hydrogen-bond acceptors (Lipinski definition) is 3. The van der Waals surface area contributed by atoms with E-state index in [1.807, 2.05) is 0 Å². The summed E-state index contributed by atoms with van der Waals surface area (Å²) in [6, 6.07) is 5.05. The molecule has 1 aromatic rings. The average molecular weight is 258 g/mol. The van der Waals surface area contributed by atoms with Crippen LogP contribution < -0.4 is 5.73 Å². The lowest BCUT2D eigenvalue weighted by molar-refractivity contribution is -0.140. The lowest BCUT2D eigenvalue weighted by Crippen LogP contribution is -2.37. The quantitative estimate of drug-likeness (QED) is 0.738. The number of nitrogens with two attached hydrogens (primary N) is 1. The summed E-state index contributed by atoms with van der Waals surface area (Å²) in [4.78, 5) is 21.5. The van der Waals surface area contributed by atoms with Gasteiger partial charge >= 0.3 is 11.9 Å². The second-order valence-electron chi connectivity index (χ2n) is 3.62. The Hall–Kier alpha value is -1.59. The molecule has 17 heavy (non-hydrogen) atoms. The van der Waals surface area contributed by atoms with Crippen molar-refractivity contribution in [3.63, 3.8) is 0 Å². The number of hydrogen-bond donors (Lipinski definition) is 3. The predicted octanol–water partition coefficient (Wildman–Crippen LogP) is 1.31. The van der Waals surface area contributed by atoms with E-state index >= 15 is 0 Å². The van der Waals surface area contributed by atoms with Gasteiger partial charge in [-0.25, -0.2) is 0 Å². The van der Waals surface area contributed by atoms with E-state index < -0.39 is 23.9 Å². The van der Waals surface area contributed by atoms with Crippen molar-refractivity contribution in [2.45, 2.75) is 18.4 Å². The van der Waals surface area contributed by atoms with Crippen LogP contribution in [-0.4, -0.2) is 28.2 Å². The molecule has 0 aliphatic heterocycles. The molecule has 0 fully saturated rings. The van der Waals surface area contributed by atoms with Crippen molar-refractivity contribution in [1.82, 2.24) is 0 Å². The van der Waals surface area contributed by atoms with E-state index in [9.17, 15) is 9.59 Å². The standard InChI is InChI=1S/C11H12ClNO4/c12-7-3-1-6(2-4-7)8(5-9(14)15)10(13)11(16)17/h1-4,8,10H,5,13H2,(H,14,15)(H,16,17)/t8-,10?/m0/s1. The first-order chi connectivity index (χ1) is 7.91. The first-order valence-corrected chi connectivity index (χ1v) is 5.25. The molecule has 4 N–H and O–H groups in total. The molecule has 92 valence electrons. The largest absolute Gasteiger partial charge is 0.481 e. The third kappa shape index (κ3) is 3.72. The maximum absolute atomic E-state index is 10.8. The summed E-state index contributed by atoms with van der Waals surface area (Å²) in [6.45, 7) is 0. The summed E-state index contributed by atoms with van der Waals surface area (Å²) in [5.41, 5.74) is 6.03. The lowest BCUT2D eigenvalue weighted by Gasteiger charge is -2.19. The van der Waals surface area contributed by atoms with Gasteiger partial charge in [-0.2, -0.15) is 0 Å². The number of halogens is 1. The van der Waals surface area contributed by atoms with Crippen LogP contribution in [0.2, 0.25) is 5.02 Å². The molecule has 5 nitrogen and oxygen atoms in total. The average Bonchev–Trinajstić information content (AvgIpc) is 2.26. The van der Waals surface area contributed by atoms with Gasteiger partial charge in [0.1, 0.15) is 6.04 Å². The van der Waals surface area contributed by atoms with Crippen LogP contribution in [-0.2, 0) is 9.59 Å². The maximum atomic E-state index is 10.8. The molecule has 0 heterocycles. The summed E-state index contributed by atoms with van der Waals surface area (Å²) in [5.74, 6) is -3.10. The van der Waals surface area contributed by atoms with Gasteiger partial charge in [-0.15, -0.1) is 0 Å². The molecule has 2 atom stereocenters. The minimum Gasteiger partial charge on any atom is -0.481 e. The van der Waals surface area contributed by atoms with Gasteiger partial charge in [0.2, 0.25) is 0 Å². The summed E-state index contributed by atoms with van der Waals surface area (Å²) in [5, 5.41) is 18.1. The number of carboxylic acids is 2.